The third kappa shape index (κ3) is 3.10. The number of aryl methyl sites for hydroxylation is 1. The molecule has 14 heavy (non-hydrogen) atoms. The first-order valence-electron chi connectivity index (χ1n) is 5.16. The number of aliphatic hydroxyl groups is 1. The van der Waals surface area contributed by atoms with Gasteiger partial charge in [0.1, 0.15) is 0 Å². The lowest BCUT2D eigenvalue weighted by Gasteiger charge is -2.16. The van der Waals surface area contributed by atoms with Crippen LogP contribution >= 0.6 is 0 Å². The third-order valence-electron chi connectivity index (χ3n) is 2.47. The fourth-order valence-electron chi connectivity index (χ4n) is 1.55. The highest BCUT2D eigenvalue weighted by atomic mass is 16.3. The molecule has 0 radical (unpaired) electrons. The van der Waals surface area contributed by atoms with Crippen molar-refractivity contribution in [1.29, 1.82) is 0 Å². The van der Waals surface area contributed by atoms with E-state index in [-0.39, 0.29) is 6.10 Å². The molecule has 0 amide bonds. The van der Waals surface area contributed by atoms with E-state index in [2.05, 4.69) is 24.2 Å². The third-order valence-corrected chi connectivity index (χ3v) is 2.47. The molecule has 0 aliphatic carbocycles. The van der Waals surface area contributed by atoms with Crippen LogP contribution in [0.1, 0.15) is 32.4 Å². The Bertz CT molecular complexity index is 272. The summed E-state index contributed by atoms with van der Waals surface area (Å²) in [6.45, 7) is 4.20. The second kappa shape index (κ2) is 5.10. The van der Waals surface area contributed by atoms with Gasteiger partial charge in [-0.15, -0.1) is 5.10 Å². The van der Waals surface area contributed by atoms with E-state index >= 15 is 0 Å². The Kier molecular flexibility index (Phi) is 4.07. The first kappa shape index (κ1) is 11.2. The number of hydrogen-bond donors (Lipinski definition) is 1. The van der Waals surface area contributed by atoms with Crippen molar-refractivity contribution in [3.05, 3.63) is 11.9 Å². The molecule has 80 valence electrons. The van der Waals surface area contributed by atoms with Crippen LogP contribution < -0.4 is 0 Å². The van der Waals surface area contributed by atoms with Crippen molar-refractivity contribution in [1.82, 2.24) is 15.0 Å². The van der Waals surface area contributed by atoms with Crippen molar-refractivity contribution in [2.24, 2.45) is 13.0 Å². The van der Waals surface area contributed by atoms with Crippen LogP contribution in [-0.2, 0) is 13.5 Å². The van der Waals surface area contributed by atoms with E-state index in [0.717, 1.165) is 18.5 Å². The minimum Gasteiger partial charge on any atom is -0.392 e. The fraction of sp³-hybridized carbons (Fsp3) is 0.800. The van der Waals surface area contributed by atoms with Crippen LogP contribution in [0.5, 0.6) is 0 Å². The van der Waals surface area contributed by atoms with E-state index in [0.29, 0.717) is 12.3 Å². The van der Waals surface area contributed by atoms with Crippen molar-refractivity contribution >= 4 is 0 Å². The van der Waals surface area contributed by atoms with Crippen LogP contribution in [0.2, 0.25) is 0 Å². The lowest BCUT2D eigenvalue weighted by molar-refractivity contribution is 0.110. The zero-order valence-electron chi connectivity index (χ0n) is 9.14. The number of nitrogens with zero attached hydrogens (tertiary/aromatic N) is 3. The first-order chi connectivity index (χ1) is 6.63. The minimum atomic E-state index is -0.299. The molecule has 0 bridgehead atoms. The van der Waals surface area contributed by atoms with Crippen molar-refractivity contribution in [2.75, 3.05) is 0 Å². The van der Waals surface area contributed by atoms with Crippen LogP contribution in [0.3, 0.4) is 0 Å². The van der Waals surface area contributed by atoms with Gasteiger partial charge in [0.25, 0.3) is 0 Å². The van der Waals surface area contributed by atoms with Crippen LogP contribution in [-0.4, -0.2) is 26.2 Å². The Hall–Kier alpha value is -0.900. The topological polar surface area (TPSA) is 50.9 Å². The van der Waals surface area contributed by atoms with Crippen molar-refractivity contribution in [2.45, 2.75) is 39.2 Å². The molecule has 1 aromatic heterocycles. The number of aliphatic hydroxyl groups excluding tert-OH is 1. The second-order valence-electron chi connectivity index (χ2n) is 3.92. The molecule has 0 saturated carbocycles. The fourth-order valence-corrected chi connectivity index (χ4v) is 1.55. The Morgan fingerprint density at radius 2 is 2.29 bits per heavy atom. The molecule has 2 unspecified atom stereocenters. The summed E-state index contributed by atoms with van der Waals surface area (Å²) in [5.41, 5.74) is 0.864. The SMILES string of the molecule is CCCC(C)C(O)Cc1cn(C)nn1. The number of aromatic nitrogens is 3. The summed E-state index contributed by atoms with van der Waals surface area (Å²) in [5.74, 6) is 0.335. The maximum absolute atomic E-state index is 9.83. The number of hydrogen-bond acceptors (Lipinski definition) is 3. The van der Waals surface area contributed by atoms with E-state index in [9.17, 15) is 5.11 Å². The standard InChI is InChI=1S/C10H19N3O/c1-4-5-8(2)10(14)6-9-7-13(3)12-11-9/h7-8,10,14H,4-6H2,1-3H3. The Morgan fingerprint density at radius 3 is 2.79 bits per heavy atom. The summed E-state index contributed by atoms with van der Waals surface area (Å²) in [6.07, 6.45) is 4.32. The van der Waals surface area contributed by atoms with Crippen molar-refractivity contribution in [3.8, 4) is 0 Å². The highest BCUT2D eigenvalue weighted by Gasteiger charge is 2.15. The Labute approximate surface area is 84.9 Å². The molecule has 0 fully saturated rings. The van der Waals surface area contributed by atoms with Gasteiger partial charge in [0.2, 0.25) is 0 Å². The van der Waals surface area contributed by atoms with E-state index in [1.807, 2.05) is 13.2 Å². The molecule has 1 N–H and O–H groups in total. The largest absolute Gasteiger partial charge is 0.392 e. The predicted octanol–water partition coefficient (Wildman–Crippen LogP) is 1.15. The molecule has 4 nitrogen and oxygen atoms in total. The van der Waals surface area contributed by atoms with E-state index in [1.54, 1.807) is 4.68 Å². The lowest BCUT2D eigenvalue weighted by atomic mass is 9.96. The van der Waals surface area contributed by atoms with Gasteiger partial charge in [0.15, 0.2) is 0 Å². The predicted molar refractivity (Wildman–Crippen MR) is 54.8 cm³/mol. The summed E-state index contributed by atoms with van der Waals surface area (Å²) in [7, 11) is 1.83. The molecule has 1 aromatic rings. The Morgan fingerprint density at radius 1 is 1.57 bits per heavy atom. The van der Waals surface area contributed by atoms with Gasteiger partial charge in [-0.05, 0) is 12.3 Å². The van der Waals surface area contributed by atoms with Gasteiger partial charge in [0, 0.05) is 19.7 Å². The smallest absolute Gasteiger partial charge is 0.0852 e. The molecule has 1 rings (SSSR count). The molecular formula is C10H19N3O. The van der Waals surface area contributed by atoms with Gasteiger partial charge in [0.05, 0.1) is 11.8 Å². The van der Waals surface area contributed by atoms with Gasteiger partial charge in [-0.2, -0.15) is 0 Å². The molecule has 2 atom stereocenters. The summed E-state index contributed by atoms with van der Waals surface area (Å²) in [4.78, 5) is 0. The van der Waals surface area contributed by atoms with Gasteiger partial charge < -0.3 is 5.11 Å². The van der Waals surface area contributed by atoms with Crippen LogP contribution in [0.25, 0.3) is 0 Å². The molecule has 0 aromatic carbocycles. The monoisotopic (exact) mass is 197 g/mol. The highest BCUT2D eigenvalue weighted by Crippen LogP contribution is 2.13. The minimum absolute atomic E-state index is 0.299. The summed E-state index contributed by atoms with van der Waals surface area (Å²) in [6, 6.07) is 0. The molecule has 0 spiro atoms. The average Bonchev–Trinajstić information content (AvgIpc) is 2.51. The van der Waals surface area contributed by atoms with Crippen LogP contribution in [0, 0.1) is 5.92 Å². The van der Waals surface area contributed by atoms with E-state index < -0.39 is 0 Å². The summed E-state index contributed by atoms with van der Waals surface area (Å²) < 4.78 is 1.66. The molecule has 4 heteroatoms. The van der Waals surface area contributed by atoms with Crippen LogP contribution in [0.15, 0.2) is 6.20 Å². The second-order valence-corrected chi connectivity index (χ2v) is 3.92. The number of rotatable bonds is 5. The maximum atomic E-state index is 9.83. The zero-order chi connectivity index (χ0) is 10.6. The van der Waals surface area contributed by atoms with Crippen LogP contribution in [0.4, 0.5) is 0 Å². The molecular weight excluding hydrogens is 178 g/mol. The summed E-state index contributed by atoms with van der Waals surface area (Å²) >= 11 is 0. The van der Waals surface area contributed by atoms with Gasteiger partial charge in [-0.25, -0.2) is 0 Å². The molecule has 0 saturated heterocycles. The van der Waals surface area contributed by atoms with Crippen molar-refractivity contribution in [3.63, 3.8) is 0 Å². The van der Waals surface area contributed by atoms with E-state index in [4.69, 9.17) is 0 Å². The molecule has 0 aliphatic heterocycles. The maximum Gasteiger partial charge on any atom is 0.0852 e. The zero-order valence-corrected chi connectivity index (χ0v) is 9.14. The van der Waals surface area contributed by atoms with Gasteiger partial charge in [-0.1, -0.05) is 25.5 Å². The lowest BCUT2D eigenvalue weighted by Crippen LogP contribution is -2.20. The average molecular weight is 197 g/mol. The quantitative estimate of drug-likeness (QED) is 0.770. The van der Waals surface area contributed by atoms with Gasteiger partial charge in [-0.3, -0.25) is 4.68 Å². The highest BCUT2D eigenvalue weighted by molar-refractivity contribution is 4.94. The molecule has 0 aliphatic rings. The normalized spacial score (nSPS) is 15.4. The Balaban J connectivity index is 2.43. The van der Waals surface area contributed by atoms with Gasteiger partial charge >= 0.3 is 0 Å². The summed E-state index contributed by atoms with van der Waals surface area (Å²) in [5, 5.41) is 17.6. The molecule has 1 heterocycles. The van der Waals surface area contributed by atoms with E-state index in [1.165, 1.54) is 0 Å². The van der Waals surface area contributed by atoms with Crippen molar-refractivity contribution < 1.29 is 5.11 Å². The first-order valence-corrected chi connectivity index (χ1v) is 5.16.